The molecule has 0 spiro atoms. The van der Waals surface area contributed by atoms with Gasteiger partial charge in [-0.1, -0.05) is 26.0 Å². The summed E-state index contributed by atoms with van der Waals surface area (Å²) in [5.74, 6) is -0.438. The van der Waals surface area contributed by atoms with E-state index in [0.29, 0.717) is 19.5 Å². The topological polar surface area (TPSA) is 57.7 Å². The van der Waals surface area contributed by atoms with E-state index in [2.05, 4.69) is 0 Å². The Morgan fingerprint density at radius 1 is 1.18 bits per heavy atom. The van der Waals surface area contributed by atoms with Crippen LogP contribution in [0.2, 0.25) is 0 Å². The van der Waals surface area contributed by atoms with Crippen LogP contribution in [0.5, 0.6) is 0 Å². The second-order valence-corrected chi connectivity index (χ2v) is 7.72. The number of nitrogens with zero attached hydrogens (tertiary/aromatic N) is 2. The molecule has 1 aromatic carbocycles. The predicted molar refractivity (Wildman–Crippen MR) is 81.2 cm³/mol. The maximum Gasteiger partial charge on any atom is 0.246 e. The Labute approximate surface area is 130 Å². The van der Waals surface area contributed by atoms with Crippen molar-refractivity contribution in [3.63, 3.8) is 0 Å². The lowest BCUT2D eigenvalue weighted by molar-refractivity contribution is -0.133. The molecule has 1 aromatic rings. The van der Waals surface area contributed by atoms with Gasteiger partial charge in [0.1, 0.15) is 10.7 Å². The van der Waals surface area contributed by atoms with Crippen LogP contribution < -0.4 is 0 Å². The van der Waals surface area contributed by atoms with Gasteiger partial charge < -0.3 is 4.90 Å². The normalized spacial score (nSPS) is 17.0. The van der Waals surface area contributed by atoms with Gasteiger partial charge >= 0.3 is 0 Å². The van der Waals surface area contributed by atoms with Crippen LogP contribution in [-0.4, -0.2) is 49.7 Å². The number of carbonyl (C=O) groups is 1. The summed E-state index contributed by atoms with van der Waals surface area (Å²) in [6, 6.07) is 5.35. The molecule has 0 atom stereocenters. The first-order chi connectivity index (χ1) is 10.3. The second kappa shape index (κ2) is 6.75. The third-order valence-electron chi connectivity index (χ3n) is 3.63. The number of rotatable bonds is 4. The van der Waals surface area contributed by atoms with Gasteiger partial charge in [0.05, 0.1) is 0 Å². The van der Waals surface area contributed by atoms with Crippen LogP contribution in [0.1, 0.15) is 20.3 Å². The lowest BCUT2D eigenvalue weighted by Gasteiger charge is -2.34. The number of hydrogen-bond acceptors (Lipinski definition) is 3. The Bertz CT molecular complexity index is 638. The predicted octanol–water partition coefficient (Wildman–Crippen LogP) is 1.70. The van der Waals surface area contributed by atoms with Gasteiger partial charge in [-0.05, 0) is 18.1 Å². The quantitative estimate of drug-likeness (QED) is 0.845. The molecule has 0 aliphatic carbocycles. The van der Waals surface area contributed by atoms with Crippen molar-refractivity contribution in [2.45, 2.75) is 25.2 Å². The Morgan fingerprint density at radius 3 is 2.32 bits per heavy atom. The molecule has 1 aliphatic heterocycles. The average Bonchev–Trinajstić information content (AvgIpc) is 2.47. The Balaban J connectivity index is 2.05. The number of halogens is 1. The fourth-order valence-corrected chi connectivity index (χ4v) is 3.94. The third-order valence-corrected chi connectivity index (χ3v) is 5.56. The van der Waals surface area contributed by atoms with Gasteiger partial charge in [-0.2, -0.15) is 4.31 Å². The number of piperazine rings is 1. The van der Waals surface area contributed by atoms with Crippen molar-refractivity contribution >= 4 is 15.9 Å². The van der Waals surface area contributed by atoms with E-state index in [4.69, 9.17) is 0 Å². The van der Waals surface area contributed by atoms with Crippen LogP contribution in [0, 0.1) is 11.7 Å². The lowest BCUT2D eigenvalue weighted by atomic mass is 10.1. The van der Waals surface area contributed by atoms with Gasteiger partial charge in [0, 0.05) is 32.6 Å². The van der Waals surface area contributed by atoms with Crippen molar-refractivity contribution in [1.82, 2.24) is 9.21 Å². The Morgan fingerprint density at radius 2 is 1.77 bits per heavy atom. The van der Waals surface area contributed by atoms with Crippen molar-refractivity contribution < 1.29 is 17.6 Å². The summed E-state index contributed by atoms with van der Waals surface area (Å²) in [5, 5.41) is 0. The second-order valence-electron chi connectivity index (χ2n) is 5.81. The molecule has 22 heavy (non-hydrogen) atoms. The summed E-state index contributed by atoms with van der Waals surface area (Å²) < 4.78 is 39.8. The first kappa shape index (κ1) is 16.9. The van der Waals surface area contributed by atoms with Gasteiger partial charge in [-0.15, -0.1) is 0 Å². The molecule has 0 bridgehead atoms. The molecule has 0 unspecified atom stereocenters. The smallest absolute Gasteiger partial charge is 0.246 e. The molecule has 0 saturated carbocycles. The monoisotopic (exact) mass is 328 g/mol. The van der Waals surface area contributed by atoms with E-state index in [0.717, 1.165) is 6.07 Å². The van der Waals surface area contributed by atoms with Crippen LogP contribution in [0.3, 0.4) is 0 Å². The molecule has 1 aliphatic rings. The van der Waals surface area contributed by atoms with Gasteiger partial charge in [-0.25, -0.2) is 12.8 Å². The highest BCUT2D eigenvalue weighted by Gasteiger charge is 2.31. The zero-order chi connectivity index (χ0) is 16.3. The molecule has 1 fully saturated rings. The summed E-state index contributed by atoms with van der Waals surface area (Å²) in [6.07, 6.45) is 0.458. The largest absolute Gasteiger partial charge is 0.340 e. The number of carbonyl (C=O) groups excluding carboxylic acids is 1. The first-order valence-corrected chi connectivity index (χ1v) is 8.79. The molecule has 122 valence electrons. The molecule has 2 rings (SSSR count). The molecule has 7 heteroatoms. The van der Waals surface area contributed by atoms with Crippen LogP contribution in [0.15, 0.2) is 29.2 Å². The molecule has 0 radical (unpaired) electrons. The van der Waals surface area contributed by atoms with Crippen molar-refractivity contribution in [2.75, 3.05) is 26.2 Å². The van der Waals surface area contributed by atoms with Gasteiger partial charge in [0.2, 0.25) is 15.9 Å². The van der Waals surface area contributed by atoms with Gasteiger partial charge in [0.25, 0.3) is 0 Å². The van der Waals surface area contributed by atoms with Crippen LogP contribution in [0.4, 0.5) is 4.39 Å². The van der Waals surface area contributed by atoms with E-state index in [1.165, 1.54) is 22.5 Å². The molecule has 1 heterocycles. The fraction of sp³-hybridized carbons (Fsp3) is 0.533. The Hall–Kier alpha value is -1.47. The number of sulfonamides is 1. The summed E-state index contributed by atoms with van der Waals surface area (Å²) in [5.41, 5.74) is 0. The summed E-state index contributed by atoms with van der Waals surface area (Å²) in [6.45, 7) is 5.02. The average molecular weight is 328 g/mol. The maximum absolute atomic E-state index is 13.7. The maximum atomic E-state index is 13.7. The summed E-state index contributed by atoms with van der Waals surface area (Å²) in [4.78, 5) is 13.4. The number of benzene rings is 1. The minimum absolute atomic E-state index is 0.0398. The Kier molecular flexibility index (Phi) is 5.18. The van der Waals surface area contributed by atoms with Crippen molar-refractivity contribution in [2.24, 2.45) is 5.92 Å². The minimum Gasteiger partial charge on any atom is -0.340 e. The fourth-order valence-electron chi connectivity index (χ4n) is 2.45. The van der Waals surface area contributed by atoms with Crippen molar-refractivity contribution in [1.29, 1.82) is 0 Å². The van der Waals surface area contributed by atoms with E-state index >= 15 is 0 Å². The standard InChI is InChI=1S/C15H21FN2O3S/c1-12(2)11-15(19)17-7-9-18(10-8-17)22(20,21)14-6-4-3-5-13(14)16/h3-6,12H,7-11H2,1-2H3. The lowest BCUT2D eigenvalue weighted by Crippen LogP contribution is -2.50. The van der Waals surface area contributed by atoms with E-state index in [1.54, 1.807) is 4.90 Å². The molecule has 5 nitrogen and oxygen atoms in total. The number of amides is 1. The SMILES string of the molecule is CC(C)CC(=O)N1CCN(S(=O)(=O)c2ccccc2F)CC1. The third kappa shape index (κ3) is 3.64. The zero-order valence-electron chi connectivity index (χ0n) is 12.8. The highest BCUT2D eigenvalue weighted by molar-refractivity contribution is 7.89. The first-order valence-electron chi connectivity index (χ1n) is 7.35. The van der Waals surface area contributed by atoms with E-state index in [9.17, 15) is 17.6 Å². The van der Waals surface area contributed by atoms with Crippen molar-refractivity contribution in [3.05, 3.63) is 30.1 Å². The highest BCUT2D eigenvalue weighted by atomic mass is 32.2. The molecule has 0 N–H and O–H groups in total. The highest BCUT2D eigenvalue weighted by Crippen LogP contribution is 2.20. The van der Waals surface area contributed by atoms with E-state index in [-0.39, 0.29) is 29.8 Å². The molecule has 0 aromatic heterocycles. The minimum atomic E-state index is -3.84. The zero-order valence-corrected chi connectivity index (χ0v) is 13.6. The van der Waals surface area contributed by atoms with Crippen LogP contribution in [0.25, 0.3) is 0 Å². The molecule has 1 saturated heterocycles. The van der Waals surface area contributed by atoms with Gasteiger partial charge in [-0.3, -0.25) is 4.79 Å². The summed E-state index contributed by atoms with van der Waals surface area (Å²) >= 11 is 0. The van der Waals surface area contributed by atoms with Crippen LogP contribution >= 0.6 is 0 Å². The van der Waals surface area contributed by atoms with Gasteiger partial charge in [0.15, 0.2) is 0 Å². The van der Waals surface area contributed by atoms with Crippen LogP contribution in [-0.2, 0) is 14.8 Å². The molecule has 1 amide bonds. The van der Waals surface area contributed by atoms with E-state index < -0.39 is 15.8 Å². The number of hydrogen-bond donors (Lipinski definition) is 0. The van der Waals surface area contributed by atoms with E-state index in [1.807, 2.05) is 13.8 Å². The van der Waals surface area contributed by atoms with Crippen molar-refractivity contribution in [3.8, 4) is 0 Å². The summed E-state index contributed by atoms with van der Waals surface area (Å²) in [7, 11) is -3.84. The molecular weight excluding hydrogens is 307 g/mol. The molecular formula is C15H21FN2O3S.